The van der Waals surface area contributed by atoms with Gasteiger partial charge in [-0.05, 0) is 45.0 Å². The molecule has 0 unspecified atom stereocenters. The fourth-order valence-corrected chi connectivity index (χ4v) is 1.27. The molecule has 4 nitrogen and oxygen atoms in total. The van der Waals surface area contributed by atoms with Crippen LogP contribution in [0.2, 0.25) is 0 Å². The van der Waals surface area contributed by atoms with E-state index in [9.17, 15) is 4.79 Å². The molecular formula is C12H18N2O2. The SMILES string of the molecule is CCOC(=O)Nc1ccc(NC(C)C)cc1. The monoisotopic (exact) mass is 222 g/mol. The van der Waals surface area contributed by atoms with Crippen molar-refractivity contribution in [2.24, 2.45) is 0 Å². The van der Waals surface area contributed by atoms with Gasteiger partial charge in [-0.2, -0.15) is 0 Å². The first kappa shape index (κ1) is 12.4. The Morgan fingerprint density at radius 3 is 2.31 bits per heavy atom. The molecule has 2 N–H and O–H groups in total. The minimum Gasteiger partial charge on any atom is -0.450 e. The van der Waals surface area contributed by atoms with E-state index in [0.29, 0.717) is 12.6 Å². The molecular weight excluding hydrogens is 204 g/mol. The Balaban J connectivity index is 2.54. The summed E-state index contributed by atoms with van der Waals surface area (Å²) in [5, 5.41) is 5.90. The van der Waals surface area contributed by atoms with Gasteiger partial charge >= 0.3 is 6.09 Å². The third kappa shape index (κ3) is 4.21. The quantitative estimate of drug-likeness (QED) is 0.823. The molecule has 0 aliphatic heterocycles. The average molecular weight is 222 g/mol. The van der Waals surface area contributed by atoms with Crippen LogP contribution < -0.4 is 10.6 Å². The lowest BCUT2D eigenvalue weighted by Crippen LogP contribution is -2.13. The first-order valence-electron chi connectivity index (χ1n) is 5.42. The van der Waals surface area contributed by atoms with Gasteiger partial charge in [0.15, 0.2) is 0 Å². The van der Waals surface area contributed by atoms with Crippen LogP contribution in [0.25, 0.3) is 0 Å². The van der Waals surface area contributed by atoms with Crippen molar-refractivity contribution in [3.63, 3.8) is 0 Å². The minimum absolute atomic E-state index is 0.374. The van der Waals surface area contributed by atoms with E-state index in [0.717, 1.165) is 11.4 Å². The smallest absolute Gasteiger partial charge is 0.411 e. The van der Waals surface area contributed by atoms with E-state index >= 15 is 0 Å². The van der Waals surface area contributed by atoms with Crippen LogP contribution in [-0.2, 0) is 4.74 Å². The zero-order valence-corrected chi connectivity index (χ0v) is 9.91. The zero-order chi connectivity index (χ0) is 12.0. The molecule has 16 heavy (non-hydrogen) atoms. The van der Waals surface area contributed by atoms with Crippen LogP contribution in [0.15, 0.2) is 24.3 Å². The van der Waals surface area contributed by atoms with Crippen molar-refractivity contribution in [3.8, 4) is 0 Å². The van der Waals surface area contributed by atoms with Gasteiger partial charge in [0.05, 0.1) is 6.61 Å². The Morgan fingerprint density at radius 1 is 1.25 bits per heavy atom. The van der Waals surface area contributed by atoms with Crippen molar-refractivity contribution in [2.45, 2.75) is 26.8 Å². The number of carbonyl (C=O) groups is 1. The third-order valence-electron chi connectivity index (χ3n) is 1.86. The largest absolute Gasteiger partial charge is 0.450 e. The number of benzene rings is 1. The summed E-state index contributed by atoms with van der Waals surface area (Å²) < 4.78 is 4.77. The number of amides is 1. The van der Waals surface area contributed by atoms with E-state index in [-0.39, 0.29) is 0 Å². The minimum atomic E-state index is -0.424. The summed E-state index contributed by atoms with van der Waals surface area (Å²) in [6.07, 6.45) is -0.424. The summed E-state index contributed by atoms with van der Waals surface area (Å²) in [5.74, 6) is 0. The van der Waals surface area contributed by atoms with Crippen LogP contribution >= 0.6 is 0 Å². The van der Waals surface area contributed by atoms with Crippen molar-refractivity contribution in [1.29, 1.82) is 0 Å². The second-order valence-electron chi connectivity index (χ2n) is 3.72. The van der Waals surface area contributed by atoms with E-state index in [4.69, 9.17) is 4.74 Å². The molecule has 0 fully saturated rings. The molecule has 1 rings (SSSR count). The molecule has 0 radical (unpaired) electrons. The van der Waals surface area contributed by atoms with E-state index in [1.54, 1.807) is 6.92 Å². The van der Waals surface area contributed by atoms with Crippen LogP contribution in [-0.4, -0.2) is 18.7 Å². The Bertz CT molecular complexity index is 333. The Labute approximate surface area is 96.0 Å². The normalized spacial score (nSPS) is 10.0. The van der Waals surface area contributed by atoms with Crippen LogP contribution in [0.3, 0.4) is 0 Å². The van der Waals surface area contributed by atoms with Crippen LogP contribution in [0, 0.1) is 0 Å². The summed E-state index contributed by atoms with van der Waals surface area (Å²) >= 11 is 0. The lowest BCUT2D eigenvalue weighted by Gasteiger charge is -2.10. The number of hydrogen-bond donors (Lipinski definition) is 2. The highest BCUT2D eigenvalue weighted by molar-refractivity contribution is 5.84. The van der Waals surface area contributed by atoms with Gasteiger partial charge in [0.1, 0.15) is 0 Å². The summed E-state index contributed by atoms with van der Waals surface area (Å²) in [4.78, 5) is 11.1. The number of ether oxygens (including phenoxy) is 1. The van der Waals surface area contributed by atoms with Crippen LogP contribution in [0.5, 0.6) is 0 Å². The van der Waals surface area contributed by atoms with Crippen molar-refractivity contribution < 1.29 is 9.53 Å². The van der Waals surface area contributed by atoms with E-state index < -0.39 is 6.09 Å². The fourth-order valence-electron chi connectivity index (χ4n) is 1.27. The average Bonchev–Trinajstić information content (AvgIpc) is 2.20. The summed E-state index contributed by atoms with van der Waals surface area (Å²) in [5.41, 5.74) is 1.76. The number of rotatable bonds is 4. The van der Waals surface area contributed by atoms with Gasteiger partial charge < -0.3 is 10.1 Å². The van der Waals surface area contributed by atoms with Crippen molar-refractivity contribution >= 4 is 17.5 Å². The van der Waals surface area contributed by atoms with E-state index in [1.165, 1.54) is 0 Å². The molecule has 0 bridgehead atoms. The number of anilines is 2. The predicted molar refractivity (Wildman–Crippen MR) is 65.8 cm³/mol. The van der Waals surface area contributed by atoms with Gasteiger partial charge in [0.2, 0.25) is 0 Å². The zero-order valence-electron chi connectivity index (χ0n) is 9.91. The van der Waals surface area contributed by atoms with Crippen molar-refractivity contribution in [2.75, 3.05) is 17.2 Å². The Morgan fingerprint density at radius 2 is 1.81 bits per heavy atom. The molecule has 4 heteroatoms. The molecule has 0 heterocycles. The first-order valence-corrected chi connectivity index (χ1v) is 5.42. The Hall–Kier alpha value is -1.71. The van der Waals surface area contributed by atoms with Gasteiger partial charge in [0, 0.05) is 17.4 Å². The van der Waals surface area contributed by atoms with Gasteiger partial charge in [-0.25, -0.2) is 4.79 Å². The molecule has 0 atom stereocenters. The van der Waals surface area contributed by atoms with Gasteiger partial charge in [0.25, 0.3) is 0 Å². The second-order valence-corrected chi connectivity index (χ2v) is 3.72. The number of carbonyl (C=O) groups excluding carboxylic acids is 1. The van der Waals surface area contributed by atoms with E-state index in [1.807, 2.05) is 24.3 Å². The molecule has 0 saturated heterocycles. The fraction of sp³-hybridized carbons (Fsp3) is 0.417. The predicted octanol–water partition coefficient (Wildman–Crippen LogP) is 3.08. The molecule has 0 saturated carbocycles. The maximum atomic E-state index is 11.1. The molecule has 0 aromatic heterocycles. The lowest BCUT2D eigenvalue weighted by molar-refractivity contribution is 0.168. The van der Waals surface area contributed by atoms with Gasteiger partial charge in [-0.15, -0.1) is 0 Å². The van der Waals surface area contributed by atoms with Crippen molar-refractivity contribution in [3.05, 3.63) is 24.3 Å². The van der Waals surface area contributed by atoms with Gasteiger partial charge in [-0.3, -0.25) is 5.32 Å². The molecule has 1 amide bonds. The van der Waals surface area contributed by atoms with Crippen molar-refractivity contribution in [1.82, 2.24) is 0 Å². The highest BCUT2D eigenvalue weighted by Crippen LogP contribution is 2.14. The molecule has 0 spiro atoms. The topological polar surface area (TPSA) is 50.4 Å². The summed E-state index contributed by atoms with van der Waals surface area (Å²) in [7, 11) is 0. The maximum Gasteiger partial charge on any atom is 0.411 e. The summed E-state index contributed by atoms with van der Waals surface area (Å²) in [6, 6.07) is 7.90. The number of hydrogen-bond acceptors (Lipinski definition) is 3. The van der Waals surface area contributed by atoms with Crippen LogP contribution in [0.1, 0.15) is 20.8 Å². The highest BCUT2D eigenvalue weighted by Gasteiger charge is 2.01. The molecule has 0 aliphatic rings. The third-order valence-corrected chi connectivity index (χ3v) is 1.86. The Kier molecular flexibility index (Phi) is 4.64. The summed E-state index contributed by atoms with van der Waals surface area (Å²) in [6.45, 7) is 6.30. The first-order chi connectivity index (χ1) is 7.61. The lowest BCUT2D eigenvalue weighted by atomic mass is 10.2. The molecule has 1 aromatic rings. The van der Waals surface area contributed by atoms with Crippen LogP contribution in [0.4, 0.5) is 16.2 Å². The molecule has 0 aliphatic carbocycles. The maximum absolute atomic E-state index is 11.1. The highest BCUT2D eigenvalue weighted by atomic mass is 16.5. The number of nitrogens with one attached hydrogen (secondary N) is 2. The molecule has 1 aromatic carbocycles. The standard InChI is InChI=1S/C12H18N2O2/c1-4-16-12(15)14-11-7-5-10(6-8-11)13-9(2)3/h5-9,13H,4H2,1-3H3,(H,14,15). The van der Waals surface area contributed by atoms with E-state index in [2.05, 4.69) is 24.5 Å². The molecule has 88 valence electrons. The van der Waals surface area contributed by atoms with Gasteiger partial charge in [-0.1, -0.05) is 0 Å². The second kappa shape index (κ2) is 6.00.